The van der Waals surface area contributed by atoms with E-state index < -0.39 is 0 Å². The van der Waals surface area contributed by atoms with E-state index in [1.807, 2.05) is 12.1 Å². The Bertz CT molecular complexity index is 289. The normalized spacial score (nSPS) is 20.1. The maximum absolute atomic E-state index is 9.94. The van der Waals surface area contributed by atoms with Crippen LogP contribution in [-0.4, -0.2) is 11.2 Å². The lowest BCUT2D eigenvalue weighted by Crippen LogP contribution is -2.19. The second kappa shape index (κ2) is 4.49. The SMILES string of the molecule is OC(Cc1ccc(Br)o1)C1CCCC1. The van der Waals surface area contributed by atoms with E-state index in [-0.39, 0.29) is 6.10 Å². The minimum absolute atomic E-state index is 0.226. The Balaban J connectivity index is 1.90. The van der Waals surface area contributed by atoms with Crippen molar-refractivity contribution in [1.29, 1.82) is 0 Å². The van der Waals surface area contributed by atoms with E-state index in [9.17, 15) is 5.11 Å². The first-order valence-electron chi connectivity index (χ1n) is 5.18. The predicted octanol–water partition coefficient (Wildman–Crippen LogP) is 3.14. The van der Waals surface area contributed by atoms with E-state index in [1.165, 1.54) is 25.7 Å². The molecular formula is C11H15BrO2. The molecule has 0 bridgehead atoms. The van der Waals surface area contributed by atoms with Crippen LogP contribution in [0.3, 0.4) is 0 Å². The molecule has 1 aromatic heterocycles. The summed E-state index contributed by atoms with van der Waals surface area (Å²) >= 11 is 3.26. The topological polar surface area (TPSA) is 33.4 Å². The van der Waals surface area contributed by atoms with Gasteiger partial charge in [-0.25, -0.2) is 0 Å². The van der Waals surface area contributed by atoms with E-state index in [2.05, 4.69) is 15.9 Å². The zero-order valence-corrected chi connectivity index (χ0v) is 9.66. The average molecular weight is 259 g/mol. The van der Waals surface area contributed by atoms with Crippen molar-refractivity contribution in [2.24, 2.45) is 5.92 Å². The highest BCUT2D eigenvalue weighted by Gasteiger charge is 2.23. The summed E-state index contributed by atoms with van der Waals surface area (Å²) in [6.45, 7) is 0. The van der Waals surface area contributed by atoms with E-state index in [1.54, 1.807) is 0 Å². The molecule has 78 valence electrons. The van der Waals surface area contributed by atoms with E-state index in [0.29, 0.717) is 12.3 Å². The summed E-state index contributed by atoms with van der Waals surface area (Å²) < 4.78 is 6.11. The van der Waals surface area contributed by atoms with Gasteiger partial charge in [0, 0.05) is 6.42 Å². The van der Waals surface area contributed by atoms with Crippen LogP contribution in [0, 0.1) is 5.92 Å². The van der Waals surface area contributed by atoms with Gasteiger partial charge >= 0.3 is 0 Å². The van der Waals surface area contributed by atoms with Crippen LogP contribution in [0.25, 0.3) is 0 Å². The maximum Gasteiger partial charge on any atom is 0.169 e. The van der Waals surface area contributed by atoms with Crippen molar-refractivity contribution in [2.45, 2.75) is 38.2 Å². The molecule has 14 heavy (non-hydrogen) atoms. The molecule has 0 amide bonds. The Kier molecular flexibility index (Phi) is 3.29. The van der Waals surface area contributed by atoms with Crippen LogP contribution in [0.1, 0.15) is 31.4 Å². The number of aliphatic hydroxyl groups excluding tert-OH is 1. The monoisotopic (exact) mass is 258 g/mol. The smallest absolute Gasteiger partial charge is 0.169 e. The number of aliphatic hydroxyl groups is 1. The summed E-state index contributed by atoms with van der Waals surface area (Å²) in [6.07, 6.45) is 5.30. The van der Waals surface area contributed by atoms with Gasteiger partial charge in [0.05, 0.1) is 6.10 Å². The van der Waals surface area contributed by atoms with Gasteiger partial charge in [0.2, 0.25) is 0 Å². The fourth-order valence-electron chi connectivity index (χ4n) is 2.18. The molecule has 1 saturated carbocycles. The minimum Gasteiger partial charge on any atom is -0.454 e. The van der Waals surface area contributed by atoms with Crippen molar-refractivity contribution in [3.05, 3.63) is 22.6 Å². The molecule has 1 atom stereocenters. The third kappa shape index (κ3) is 2.39. The van der Waals surface area contributed by atoms with Crippen LogP contribution >= 0.6 is 15.9 Å². The third-order valence-corrected chi connectivity index (χ3v) is 3.41. The van der Waals surface area contributed by atoms with Crippen molar-refractivity contribution in [1.82, 2.24) is 0 Å². The van der Waals surface area contributed by atoms with Crippen LogP contribution in [-0.2, 0) is 6.42 Å². The minimum atomic E-state index is -0.226. The third-order valence-electron chi connectivity index (χ3n) is 2.98. The molecular weight excluding hydrogens is 244 g/mol. The van der Waals surface area contributed by atoms with Crippen LogP contribution in [0.5, 0.6) is 0 Å². The molecule has 3 heteroatoms. The zero-order valence-electron chi connectivity index (χ0n) is 8.08. The van der Waals surface area contributed by atoms with Gasteiger partial charge in [-0.2, -0.15) is 0 Å². The molecule has 0 aliphatic heterocycles. The number of hydrogen-bond donors (Lipinski definition) is 1. The van der Waals surface area contributed by atoms with Crippen molar-refractivity contribution < 1.29 is 9.52 Å². The highest BCUT2D eigenvalue weighted by atomic mass is 79.9. The van der Waals surface area contributed by atoms with Crippen molar-refractivity contribution in [3.8, 4) is 0 Å². The van der Waals surface area contributed by atoms with Gasteiger partial charge in [0.25, 0.3) is 0 Å². The maximum atomic E-state index is 9.94. The first-order valence-corrected chi connectivity index (χ1v) is 5.97. The van der Waals surface area contributed by atoms with Crippen LogP contribution in [0.15, 0.2) is 21.2 Å². The second-order valence-corrected chi connectivity index (χ2v) is 4.80. The Labute approximate surface area is 92.4 Å². The van der Waals surface area contributed by atoms with Crippen LogP contribution < -0.4 is 0 Å². The fraction of sp³-hybridized carbons (Fsp3) is 0.636. The van der Waals surface area contributed by atoms with Gasteiger partial charge < -0.3 is 9.52 Å². The Hall–Kier alpha value is -0.280. The number of rotatable bonds is 3. The molecule has 1 fully saturated rings. The van der Waals surface area contributed by atoms with Crippen LogP contribution in [0.2, 0.25) is 0 Å². The lowest BCUT2D eigenvalue weighted by molar-refractivity contribution is 0.105. The van der Waals surface area contributed by atoms with Gasteiger partial charge in [0.1, 0.15) is 5.76 Å². The summed E-state index contributed by atoms with van der Waals surface area (Å²) in [7, 11) is 0. The second-order valence-electron chi connectivity index (χ2n) is 4.02. The molecule has 1 aliphatic rings. The summed E-state index contributed by atoms with van der Waals surface area (Å²) in [4.78, 5) is 0. The fourth-order valence-corrected chi connectivity index (χ4v) is 2.52. The van der Waals surface area contributed by atoms with Crippen molar-refractivity contribution in [2.75, 3.05) is 0 Å². The zero-order chi connectivity index (χ0) is 9.97. The molecule has 0 saturated heterocycles. The highest BCUT2D eigenvalue weighted by Crippen LogP contribution is 2.29. The Morgan fingerprint density at radius 1 is 1.43 bits per heavy atom. The molecule has 1 aliphatic carbocycles. The first kappa shape index (κ1) is 10.2. The van der Waals surface area contributed by atoms with Gasteiger partial charge in [-0.3, -0.25) is 0 Å². The van der Waals surface area contributed by atoms with Crippen molar-refractivity contribution in [3.63, 3.8) is 0 Å². The Morgan fingerprint density at radius 3 is 2.71 bits per heavy atom. The van der Waals surface area contributed by atoms with E-state index >= 15 is 0 Å². The highest BCUT2D eigenvalue weighted by molar-refractivity contribution is 9.10. The predicted molar refractivity (Wildman–Crippen MR) is 58.1 cm³/mol. The lowest BCUT2D eigenvalue weighted by Gasteiger charge is -2.15. The van der Waals surface area contributed by atoms with Crippen molar-refractivity contribution >= 4 is 15.9 Å². The summed E-state index contributed by atoms with van der Waals surface area (Å²) in [5.41, 5.74) is 0. The number of halogens is 1. The molecule has 0 radical (unpaired) electrons. The largest absolute Gasteiger partial charge is 0.454 e. The number of hydrogen-bond acceptors (Lipinski definition) is 2. The molecule has 2 nitrogen and oxygen atoms in total. The molecule has 1 aromatic rings. The van der Waals surface area contributed by atoms with E-state index in [0.717, 1.165) is 10.4 Å². The first-order chi connectivity index (χ1) is 6.75. The van der Waals surface area contributed by atoms with Gasteiger partial charge in [-0.05, 0) is 46.8 Å². The summed E-state index contributed by atoms with van der Waals surface area (Å²) in [5.74, 6) is 1.36. The standard InChI is InChI=1S/C11H15BrO2/c12-11-6-5-9(14-11)7-10(13)8-3-1-2-4-8/h5-6,8,10,13H,1-4,7H2. The molecule has 0 spiro atoms. The Morgan fingerprint density at radius 2 is 2.14 bits per heavy atom. The van der Waals surface area contributed by atoms with E-state index in [4.69, 9.17) is 4.42 Å². The number of furan rings is 1. The lowest BCUT2D eigenvalue weighted by atomic mass is 9.97. The van der Waals surface area contributed by atoms with Gasteiger partial charge in [-0.15, -0.1) is 0 Å². The average Bonchev–Trinajstić information content (AvgIpc) is 2.75. The van der Waals surface area contributed by atoms with Gasteiger partial charge in [-0.1, -0.05) is 12.8 Å². The van der Waals surface area contributed by atoms with Gasteiger partial charge in [0.15, 0.2) is 4.67 Å². The molecule has 2 rings (SSSR count). The molecule has 1 heterocycles. The van der Waals surface area contributed by atoms with Crippen LogP contribution in [0.4, 0.5) is 0 Å². The molecule has 1 N–H and O–H groups in total. The molecule has 1 unspecified atom stereocenters. The summed E-state index contributed by atoms with van der Waals surface area (Å²) in [6, 6.07) is 3.79. The summed E-state index contributed by atoms with van der Waals surface area (Å²) in [5, 5.41) is 9.94. The molecule has 0 aromatic carbocycles. The quantitative estimate of drug-likeness (QED) is 0.904.